The molecule has 1 amide bonds. The topological polar surface area (TPSA) is 80.9 Å². The quantitative estimate of drug-likeness (QED) is 0.882. The van der Waals surface area contributed by atoms with Crippen LogP contribution in [-0.2, 0) is 11.2 Å². The predicted molar refractivity (Wildman–Crippen MR) is 75.6 cm³/mol. The standard InChI is InChI=1S/C14H16N4O/c1-3-11-8-13(18-14(15)17-11)10-5-4-6-12(7-10)16-9(2)19/h4-8H,3H2,1-2H3,(H,16,19)(H2,15,17,18). The molecule has 0 aliphatic rings. The van der Waals surface area contributed by atoms with E-state index in [0.717, 1.165) is 29.1 Å². The highest BCUT2D eigenvalue weighted by molar-refractivity contribution is 5.89. The maximum absolute atomic E-state index is 11.1. The second-order valence-corrected chi connectivity index (χ2v) is 4.22. The summed E-state index contributed by atoms with van der Waals surface area (Å²) in [7, 11) is 0. The van der Waals surface area contributed by atoms with Crippen molar-refractivity contribution in [2.24, 2.45) is 0 Å². The van der Waals surface area contributed by atoms with Gasteiger partial charge < -0.3 is 11.1 Å². The Hall–Kier alpha value is -2.43. The fourth-order valence-corrected chi connectivity index (χ4v) is 1.81. The van der Waals surface area contributed by atoms with E-state index in [4.69, 9.17) is 5.73 Å². The second kappa shape index (κ2) is 5.48. The predicted octanol–water partition coefficient (Wildman–Crippen LogP) is 2.25. The lowest BCUT2D eigenvalue weighted by Crippen LogP contribution is -2.05. The molecule has 1 aromatic carbocycles. The molecule has 3 N–H and O–H groups in total. The van der Waals surface area contributed by atoms with Crippen LogP contribution < -0.4 is 11.1 Å². The maximum atomic E-state index is 11.1. The minimum Gasteiger partial charge on any atom is -0.368 e. The zero-order valence-electron chi connectivity index (χ0n) is 11.0. The SMILES string of the molecule is CCc1cc(-c2cccc(NC(C)=O)c2)nc(N)n1. The van der Waals surface area contributed by atoms with Gasteiger partial charge in [0.2, 0.25) is 11.9 Å². The van der Waals surface area contributed by atoms with Crippen molar-refractivity contribution >= 4 is 17.5 Å². The first-order valence-electron chi connectivity index (χ1n) is 6.10. The first kappa shape index (κ1) is 13.0. The molecule has 1 heterocycles. The van der Waals surface area contributed by atoms with E-state index in [2.05, 4.69) is 15.3 Å². The smallest absolute Gasteiger partial charge is 0.221 e. The number of carbonyl (C=O) groups is 1. The molecule has 0 unspecified atom stereocenters. The van der Waals surface area contributed by atoms with Crippen molar-refractivity contribution in [2.75, 3.05) is 11.1 Å². The van der Waals surface area contributed by atoms with Crippen LogP contribution in [0.3, 0.4) is 0 Å². The van der Waals surface area contributed by atoms with Gasteiger partial charge in [0.05, 0.1) is 5.69 Å². The average molecular weight is 256 g/mol. The Labute approximate surface area is 111 Å². The number of aryl methyl sites for hydroxylation is 1. The van der Waals surface area contributed by atoms with Crippen LogP contribution in [0.25, 0.3) is 11.3 Å². The molecule has 19 heavy (non-hydrogen) atoms. The number of benzene rings is 1. The third-order valence-electron chi connectivity index (χ3n) is 2.64. The Morgan fingerprint density at radius 3 is 2.79 bits per heavy atom. The largest absolute Gasteiger partial charge is 0.368 e. The normalized spacial score (nSPS) is 10.2. The fraction of sp³-hybridized carbons (Fsp3) is 0.214. The summed E-state index contributed by atoms with van der Waals surface area (Å²) in [6.45, 7) is 3.49. The summed E-state index contributed by atoms with van der Waals surface area (Å²) >= 11 is 0. The number of hydrogen-bond donors (Lipinski definition) is 2. The fourth-order valence-electron chi connectivity index (χ4n) is 1.81. The summed E-state index contributed by atoms with van der Waals surface area (Å²) in [5, 5.41) is 2.74. The lowest BCUT2D eigenvalue weighted by Gasteiger charge is -2.07. The molecule has 0 radical (unpaired) electrons. The zero-order chi connectivity index (χ0) is 13.8. The number of rotatable bonds is 3. The number of nitrogen functional groups attached to an aromatic ring is 1. The van der Waals surface area contributed by atoms with Crippen LogP contribution in [0.5, 0.6) is 0 Å². The van der Waals surface area contributed by atoms with Crippen LogP contribution >= 0.6 is 0 Å². The van der Waals surface area contributed by atoms with Crippen molar-refractivity contribution < 1.29 is 4.79 Å². The molecule has 0 saturated heterocycles. The zero-order valence-corrected chi connectivity index (χ0v) is 11.0. The summed E-state index contributed by atoms with van der Waals surface area (Å²) < 4.78 is 0. The van der Waals surface area contributed by atoms with E-state index >= 15 is 0 Å². The minimum absolute atomic E-state index is 0.103. The number of nitrogens with zero attached hydrogens (tertiary/aromatic N) is 2. The highest BCUT2D eigenvalue weighted by Gasteiger charge is 2.05. The van der Waals surface area contributed by atoms with Crippen LogP contribution in [-0.4, -0.2) is 15.9 Å². The van der Waals surface area contributed by atoms with Crippen molar-refractivity contribution in [3.05, 3.63) is 36.0 Å². The lowest BCUT2D eigenvalue weighted by molar-refractivity contribution is -0.114. The molecular weight excluding hydrogens is 240 g/mol. The average Bonchev–Trinajstić information content (AvgIpc) is 2.37. The third kappa shape index (κ3) is 3.28. The monoisotopic (exact) mass is 256 g/mol. The maximum Gasteiger partial charge on any atom is 0.221 e. The molecule has 1 aromatic heterocycles. The van der Waals surface area contributed by atoms with Gasteiger partial charge >= 0.3 is 0 Å². The highest BCUT2D eigenvalue weighted by atomic mass is 16.1. The molecule has 0 aliphatic heterocycles. The molecule has 5 heteroatoms. The van der Waals surface area contributed by atoms with Crippen molar-refractivity contribution in [3.63, 3.8) is 0 Å². The summed E-state index contributed by atoms with van der Waals surface area (Å²) in [6, 6.07) is 9.39. The molecule has 0 fully saturated rings. The Kier molecular flexibility index (Phi) is 3.75. The van der Waals surface area contributed by atoms with Crippen molar-refractivity contribution in [1.82, 2.24) is 9.97 Å². The van der Waals surface area contributed by atoms with Gasteiger partial charge in [-0.05, 0) is 24.6 Å². The summed E-state index contributed by atoms with van der Waals surface area (Å²) in [4.78, 5) is 19.4. The van der Waals surface area contributed by atoms with Crippen LogP contribution in [0.4, 0.5) is 11.6 Å². The molecule has 0 saturated carbocycles. The Morgan fingerprint density at radius 2 is 2.11 bits per heavy atom. The van der Waals surface area contributed by atoms with E-state index in [1.165, 1.54) is 6.92 Å². The van der Waals surface area contributed by atoms with Gasteiger partial charge in [-0.15, -0.1) is 0 Å². The van der Waals surface area contributed by atoms with Crippen LogP contribution in [0.15, 0.2) is 30.3 Å². The van der Waals surface area contributed by atoms with Gasteiger partial charge in [0.15, 0.2) is 0 Å². The summed E-state index contributed by atoms with van der Waals surface area (Å²) in [5.41, 5.74) is 8.99. The van der Waals surface area contributed by atoms with Gasteiger partial charge in [-0.25, -0.2) is 9.97 Å². The van der Waals surface area contributed by atoms with Gasteiger partial charge in [-0.2, -0.15) is 0 Å². The molecule has 0 atom stereocenters. The number of amides is 1. The van der Waals surface area contributed by atoms with Crippen LogP contribution in [0, 0.1) is 0 Å². The number of hydrogen-bond acceptors (Lipinski definition) is 4. The highest BCUT2D eigenvalue weighted by Crippen LogP contribution is 2.22. The summed E-state index contributed by atoms with van der Waals surface area (Å²) in [5.74, 6) is 0.160. The van der Waals surface area contributed by atoms with Gasteiger partial charge in [0.1, 0.15) is 0 Å². The molecule has 98 valence electrons. The van der Waals surface area contributed by atoms with Crippen molar-refractivity contribution in [3.8, 4) is 11.3 Å². The number of nitrogens with one attached hydrogen (secondary N) is 1. The second-order valence-electron chi connectivity index (χ2n) is 4.22. The van der Waals surface area contributed by atoms with Gasteiger partial charge in [0.25, 0.3) is 0 Å². The molecule has 0 bridgehead atoms. The van der Waals surface area contributed by atoms with Crippen LogP contribution in [0.2, 0.25) is 0 Å². The van der Waals surface area contributed by atoms with E-state index in [0.29, 0.717) is 0 Å². The molecule has 0 spiro atoms. The van der Waals surface area contributed by atoms with Crippen LogP contribution in [0.1, 0.15) is 19.5 Å². The number of aromatic nitrogens is 2. The molecule has 5 nitrogen and oxygen atoms in total. The van der Waals surface area contributed by atoms with Crippen molar-refractivity contribution in [1.29, 1.82) is 0 Å². The first-order chi connectivity index (χ1) is 9.08. The van der Waals surface area contributed by atoms with E-state index in [1.807, 2.05) is 37.3 Å². The Bertz CT molecular complexity index is 610. The summed E-state index contributed by atoms with van der Waals surface area (Å²) in [6.07, 6.45) is 0.797. The molecule has 2 aromatic rings. The number of nitrogens with two attached hydrogens (primary N) is 1. The first-order valence-corrected chi connectivity index (χ1v) is 6.10. The number of anilines is 2. The number of carbonyl (C=O) groups excluding carboxylic acids is 1. The van der Waals surface area contributed by atoms with E-state index < -0.39 is 0 Å². The van der Waals surface area contributed by atoms with E-state index in [-0.39, 0.29) is 11.9 Å². The lowest BCUT2D eigenvalue weighted by atomic mass is 10.1. The molecular formula is C14H16N4O. The van der Waals surface area contributed by atoms with Gasteiger partial charge in [0, 0.05) is 23.9 Å². The third-order valence-corrected chi connectivity index (χ3v) is 2.64. The van der Waals surface area contributed by atoms with E-state index in [1.54, 1.807) is 0 Å². The minimum atomic E-state index is -0.103. The molecule has 0 aliphatic carbocycles. The Morgan fingerprint density at radius 1 is 1.32 bits per heavy atom. The molecule has 2 rings (SSSR count). The van der Waals surface area contributed by atoms with Gasteiger partial charge in [-0.3, -0.25) is 4.79 Å². The van der Waals surface area contributed by atoms with Gasteiger partial charge in [-0.1, -0.05) is 19.1 Å². The van der Waals surface area contributed by atoms with E-state index in [9.17, 15) is 4.79 Å². The van der Waals surface area contributed by atoms with Crippen molar-refractivity contribution in [2.45, 2.75) is 20.3 Å². The Balaban J connectivity index is 2.41.